The summed E-state index contributed by atoms with van der Waals surface area (Å²) in [5.41, 5.74) is 1.78. The lowest BCUT2D eigenvalue weighted by atomic mass is 10.2. The van der Waals surface area contributed by atoms with Crippen molar-refractivity contribution < 1.29 is 9.59 Å². The fraction of sp³-hybridized carbons (Fsp3) is 0.438. The number of anilines is 1. The van der Waals surface area contributed by atoms with Gasteiger partial charge in [0.05, 0.1) is 0 Å². The van der Waals surface area contributed by atoms with Crippen LogP contribution in [-0.2, 0) is 9.59 Å². The first-order chi connectivity index (χ1) is 10.5. The maximum absolute atomic E-state index is 12.1. The first-order valence-electron chi connectivity index (χ1n) is 7.33. The lowest BCUT2D eigenvalue weighted by Crippen LogP contribution is -2.28. The molecule has 1 aliphatic rings. The Labute approximate surface area is 135 Å². The van der Waals surface area contributed by atoms with Crippen LogP contribution < -0.4 is 10.6 Å². The number of carbonyl (C=O) groups excluding carboxylic acids is 2. The summed E-state index contributed by atoms with van der Waals surface area (Å²) in [6, 6.07) is 7.58. The number of para-hydroxylation sites is 1. The molecule has 2 amide bonds. The van der Waals surface area contributed by atoms with Gasteiger partial charge in [0, 0.05) is 18.7 Å². The molecule has 1 aromatic rings. The fourth-order valence-electron chi connectivity index (χ4n) is 1.96. The molecule has 2 N–H and O–H groups in total. The van der Waals surface area contributed by atoms with Gasteiger partial charge in [-0.1, -0.05) is 43.8 Å². The smallest absolute Gasteiger partial charge is 0.240 e. The number of nitrogens with zero attached hydrogens (tertiary/aromatic N) is 1. The van der Waals surface area contributed by atoms with Gasteiger partial charge in [-0.3, -0.25) is 14.6 Å². The molecule has 1 aromatic carbocycles. The van der Waals surface area contributed by atoms with Crippen LogP contribution in [0, 0.1) is 12.8 Å². The molecule has 0 bridgehead atoms. The molecule has 1 fully saturated rings. The van der Waals surface area contributed by atoms with Crippen molar-refractivity contribution in [1.82, 2.24) is 5.32 Å². The predicted molar refractivity (Wildman–Crippen MR) is 91.1 cm³/mol. The number of aliphatic imine (C=N–C) groups is 1. The van der Waals surface area contributed by atoms with Gasteiger partial charge in [0.2, 0.25) is 11.8 Å². The summed E-state index contributed by atoms with van der Waals surface area (Å²) in [6.07, 6.45) is 0.144. The fourth-order valence-corrected chi connectivity index (χ4v) is 2.94. The zero-order valence-electron chi connectivity index (χ0n) is 13.1. The predicted octanol–water partition coefficient (Wildman–Crippen LogP) is 2.57. The molecule has 0 radical (unpaired) electrons. The summed E-state index contributed by atoms with van der Waals surface area (Å²) in [4.78, 5) is 28.3. The van der Waals surface area contributed by atoms with E-state index < -0.39 is 5.25 Å². The highest BCUT2D eigenvalue weighted by molar-refractivity contribution is 8.15. The third-order valence-corrected chi connectivity index (χ3v) is 4.29. The van der Waals surface area contributed by atoms with E-state index in [1.165, 1.54) is 11.8 Å². The second-order valence-electron chi connectivity index (χ2n) is 5.70. The van der Waals surface area contributed by atoms with Gasteiger partial charge in [-0.25, -0.2) is 0 Å². The Morgan fingerprint density at radius 3 is 2.82 bits per heavy atom. The van der Waals surface area contributed by atoms with Crippen molar-refractivity contribution in [2.24, 2.45) is 10.9 Å². The number of hydrogen-bond donors (Lipinski definition) is 2. The van der Waals surface area contributed by atoms with Crippen molar-refractivity contribution in [1.29, 1.82) is 0 Å². The SMILES string of the molecule is Cc1ccccc1NC(=O)C[C@@H]1SC(=NCC(C)C)NC1=O. The number of hydrogen-bond acceptors (Lipinski definition) is 4. The standard InChI is InChI=1S/C16H21N3O2S/c1-10(2)9-17-16-19-15(21)13(22-16)8-14(20)18-12-7-5-4-6-11(12)3/h4-7,10,13H,8-9H2,1-3H3,(H,18,20)(H,17,19,21)/t13-/m0/s1. The number of nitrogens with one attached hydrogen (secondary N) is 2. The summed E-state index contributed by atoms with van der Waals surface area (Å²) in [5.74, 6) is 0.132. The van der Waals surface area contributed by atoms with Crippen molar-refractivity contribution in [3.05, 3.63) is 29.8 Å². The van der Waals surface area contributed by atoms with E-state index in [-0.39, 0.29) is 18.2 Å². The second kappa shape index (κ2) is 7.45. The molecule has 0 aromatic heterocycles. The molecule has 6 heteroatoms. The van der Waals surface area contributed by atoms with Crippen LogP contribution in [0.15, 0.2) is 29.3 Å². The Balaban J connectivity index is 1.91. The third kappa shape index (κ3) is 4.59. The highest BCUT2D eigenvalue weighted by atomic mass is 32.2. The Morgan fingerprint density at radius 1 is 1.41 bits per heavy atom. The molecule has 1 heterocycles. The average Bonchev–Trinajstić information content (AvgIpc) is 2.79. The summed E-state index contributed by atoms with van der Waals surface area (Å²) >= 11 is 1.33. The number of aryl methyl sites for hydroxylation is 1. The van der Waals surface area contributed by atoms with Crippen molar-refractivity contribution >= 4 is 34.4 Å². The quantitative estimate of drug-likeness (QED) is 0.876. The topological polar surface area (TPSA) is 70.6 Å². The molecule has 0 aliphatic carbocycles. The van der Waals surface area contributed by atoms with E-state index in [9.17, 15) is 9.59 Å². The number of carbonyl (C=O) groups is 2. The van der Waals surface area contributed by atoms with Crippen molar-refractivity contribution in [2.45, 2.75) is 32.4 Å². The highest BCUT2D eigenvalue weighted by Gasteiger charge is 2.32. The van der Waals surface area contributed by atoms with Crippen molar-refractivity contribution in [2.75, 3.05) is 11.9 Å². The molecule has 1 aliphatic heterocycles. The average molecular weight is 319 g/mol. The van der Waals surface area contributed by atoms with Gasteiger partial charge >= 0.3 is 0 Å². The van der Waals surface area contributed by atoms with Crippen LogP contribution in [0.1, 0.15) is 25.8 Å². The van der Waals surface area contributed by atoms with E-state index >= 15 is 0 Å². The van der Waals surface area contributed by atoms with E-state index in [4.69, 9.17) is 0 Å². The van der Waals surface area contributed by atoms with Crippen LogP contribution in [0.25, 0.3) is 0 Å². The summed E-state index contributed by atoms with van der Waals surface area (Å²) in [5, 5.41) is 5.79. The normalized spacial score (nSPS) is 19.5. The van der Waals surface area contributed by atoms with Crippen LogP contribution in [-0.4, -0.2) is 28.8 Å². The number of rotatable bonds is 5. The highest BCUT2D eigenvalue weighted by Crippen LogP contribution is 2.23. The zero-order valence-corrected chi connectivity index (χ0v) is 13.9. The van der Waals surface area contributed by atoms with Gasteiger partial charge in [0.1, 0.15) is 5.25 Å². The molecule has 5 nitrogen and oxygen atoms in total. The molecule has 1 saturated heterocycles. The molecule has 0 saturated carbocycles. The Hall–Kier alpha value is -1.82. The van der Waals surface area contributed by atoms with E-state index in [1.807, 2.05) is 31.2 Å². The Kier molecular flexibility index (Phi) is 5.60. The van der Waals surface area contributed by atoms with E-state index in [1.54, 1.807) is 0 Å². The van der Waals surface area contributed by atoms with Gasteiger partial charge in [-0.15, -0.1) is 0 Å². The summed E-state index contributed by atoms with van der Waals surface area (Å²) < 4.78 is 0. The number of benzene rings is 1. The van der Waals surface area contributed by atoms with Crippen LogP contribution in [0.4, 0.5) is 5.69 Å². The molecular formula is C16H21N3O2S. The maximum atomic E-state index is 12.1. The van der Waals surface area contributed by atoms with Crippen LogP contribution in [0.2, 0.25) is 0 Å². The maximum Gasteiger partial charge on any atom is 0.240 e. The molecule has 0 spiro atoms. The first kappa shape index (κ1) is 16.5. The van der Waals surface area contributed by atoms with Gasteiger partial charge in [-0.2, -0.15) is 0 Å². The number of amidine groups is 1. The Morgan fingerprint density at radius 2 is 2.14 bits per heavy atom. The second-order valence-corrected chi connectivity index (χ2v) is 6.89. The van der Waals surface area contributed by atoms with Crippen LogP contribution in [0.3, 0.4) is 0 Å². The third-order valence-electron chi connectivity index (χ3n) is 3.17. The lowest BCUT2D eigenvalue weighted by molar-refractivity contribution is -0.122. The minimum absolute atomic E-state index is 0.144. The van der Waals surface area contributed by atoms with Crippen LogP contribution in [0.5, 0.6) is 0 Å². The monoisotopic (exact) mass is 319 g/mol. The van der Waals surface area contributed by atoms with Crippen molar-refractivity contribution in [3.8, 4) is 0 Å². The van der Waals surface area contributed by atoms with Gasteiger partial charge < -0.3 is 10.6 Å². The number of amides is 2. The van der Waals surface area contributed by atoms with E-state index in [2.05, 4.69) is 29.5 Å². The largest absolute Gasteiger partial charge is 0.326 e. The molecule has 1 atom stereocenters. The minimum atomic E-state index is -0.407. The van der Waals surface area contributed by atoms with Gasteiger partial charge in [0.15, 0.2) is 5.17 Å². The van der Waals surface area contributed by atoms with Crippen LogP contribution >= 0.6 is 11.8 Å². The van der Waals surface area contributed by atoms with Gasteiger partial charge in [0.25, 0.3) is 0 Å². The molecule has 22 heavy (non-hydrogen) atoms. The molecule has 0 unspecified atom stereocenters. The molecule has 2 rings (SSSR count). The van der Waals surface area contributed by atoms with E-state index in [0.29, 0.717) is 17.6 Å². The van der Waals surface area contributed by atoms with Crippen molar-refractivity contribution in [3.63, 3.8) is 0 Å². The minimum Gasteiger partial charge on any atom is -0.326 e. The molecule has 118 valence electrons. The summed E-state index contributed by atoms with van der Waals surface area (Å²) in [7, 11) is 0. The molecular weight excluding hydrogens is 298 g/mol. The van der Waals surface area contributed by atoms with E-state index in [0.717, 1.165) is 11.3 Å². The summed E-state index contributed by atoms with van der Waals surface area (Å²) in [6.45, 7) is 6.74. The first-order valence-corrected chi connectivity index (χ1v) is 8.21. The number of thioether (sulfide) groups is 1. The lowest BCUT2D eigenvalue weighted by Gasteiger charge is -2.09. The van der Waals surface area contributed by atoms with Gasteiger partial charge in [-0.05, 0) is 24.5 Å². The zero-order chi connectivity index (χ0) is 16.1. The Bertz CT molecular complexity index is 599.